The summed E-state index contributed by atoms with van der Waals surface area (Å²) in [6.07, 6.45) is 2.44. The maximum Gasteiger partial charge on any atom is 0.240 e. The van der Waals surface area contributed by atoms with Crippen LogP contribution >= 0.6 is 15.9 Å². The summed E-state index contributed by atoms with van der Waals surface area (Å²) in [5.41, 5.74) is 0. The number of benzene rings is 1. The predicted molar refractivity (Wildman–Crippen MR) is 86.0 cm³/mol. The van der Waals surface area contributed by atoms with E-state index in [-0.39, 0.29) is 17.4 Å². The van der Waals surface area contributed by atoms with Gasteiger partial charge >= 0.3 is 0 Å². The van der Waals surface area contributed by atoms with Gasteiger partial charge in [-0.05, 0) is 52.9 Å². The summed E-state index contributed by atoms with van der Waals surface area (Å²) >= 11 is 3.28. The number of aliphatic hydroxyl groups is 1. The average molecular weight is 380 g/mol. The van der Waals surface area contributed by atoms with Crippen molar-refractivity contribution in [1.29, 1.82) is 0 Å². The Labute approximate surface area is 134 Å². The summed E-state index contributed by atoms with van der Waals surface area (Å²) in [5, 5.41) is 9.01. The first-order chi connectivity index (χ1) is 9.94. The molecule has 0 bridgehead atoms. The van der Waals surface area contributed by atoms with Crippen LogP contribution in [0, 0.1) is 5.92 Å². The molecule has 0 spiro atoms. The highest BCUT2D eigenvalue weighted by Gasteiger charge is 2.18. The monoisotopic (exact) mass is 379 g/mol. The van der Waals surface area contributed by atoms with Gasteiger partial charge in [0, 0.05) is 13.2 Å². The molecule has 1 atom stereocenters. The first kappa shape index (κ1) is 18.4. The first-order valence-corrected chi connectivity index (χ1v) is 9.16. The number of halogens is 1. The second-order valence-corrected chi connectivity index (χ2v) is 7.44. The fraction of sp³-hybridized carbons (Fsp3) is 0.571. The van der Waals surface area contributed by atoms with Crippen LogP contribution in [0.1, 0.15) is 26.2 Å². The Morgan fingerprint density at radius 2 is 2.10 bits per heavy atom. The van der Waals surface area contributed by atoms with Gasteiger partial charge in [0.05, 0.1) is 16.5 Å². The van der Waals surface area contributed by atoms with E-state index in [1.54, 1.807) is 6.07 Å². The Balaban J connectivity index is 2.79. The molecule has 0 amide bonds. The quantitative estimate of drug-likeness (QED) is 0.691. The van der Waals surface area contributed by atoms with Crippen LogP contribution in [-0.2, 0) is 10.0 Å². The van der Waals surface area contributed by atoms with Crippen LogP contribution in [0.15, 0.2) is 27.6 Å². The molecule has 0 aliphatic rings. The molecule has 0 aliphatic heterocycles. The van der Waals surface area contributed by atoms with Crippen molar-refractivity contribution in [3.8, 4) is 5.75 Å². The largest absolute Gasteiger partial charge is 0.496 e. The molecule has 0 heterocycles. The molecular formula is C14H22BrNO4S. The van der Waals surface area contributed by atoms with Crippen molar-refractivity contribution in [2.45, 2.75) is 31.1 Å². The fourth-order valence-corrected chi connectivity index (χ4v) is 3.90. The molecule has 1 aromatic rings. The number of hydrogen-bond donors (Lipinski definition) is 2. The average Bonchev–Trinajstić information content (AvgIpc) is 2.45. The first-order valence-electron chi connectivity index (χ1n) is 6.88. The molecule has 0 saturated carbocycles. The van der Waals surface area contributed by atoms with E-state index >= 15 is 0 Å². The van der Waals surface area contributed by atoms with Gasteiger partial charge in [0.1, 0.15) is 5.75 Å². The van der Waals surface area contributed by atoms with Crippen molar-refractivity contribution in [2.75, 3.05) is 20.3 Å². The standard InChI is InChI=1S/C14H22BrNO4S/c1-3-4-11(7-8-17)10-16-21(18,19)12-5-6-14(20-2)13(15)9-12/h5-6,9,11,16-17H,3-4,7-8,10H2,1-2H3. The normalized spacial score (nSPS) is 13.1. The molecule has 0 radical (unpaired) electrons. The Kier molecular flexibility index (Phi) is 7.65. The molecule has 7 heteroatoms. The lowest BCUT2D eigenvalue weighted by atomic mass is 10.0. The van der Waals surface area contributed by atoms with Gasteiger partial charge in [-0.2, -0.15) is 0 Å². The van der Waals surface area contributed by atoms with Gasteiger partial charge in [-0.15, -0.1) is 0 Å². The van der Waals surface area contributed by atoms with Crippen molar-refractivity contribution in [2.24, 2.45) is 5.92 Å². The maximum atomic E-state index is 12.3. The summed E-state index contributed by atoms with van der Waals surface area (Å²) in [6.45, 7) is 2.44. The van der Waals surface area contributed by atoms with E-state index < -0.39 is 10.0 Å². The molecule has 1 unspecified atom stereocenters. The number of sulfonamides is 1. The Morgan fingerprint density at radius 1 is 1.38 bits per heavy atom. The number of hydrogen-bond acceptors (Lipinski definition) is 4. The molecule has 0 aliphatic carbocycles. The van der Waals surface area contributed by atoms with Gasteiger partial charge in [0.25, 0.3) is 0 Å². The van der Waals surface area contributed by atoms with E-state index in [4.69, 9.17) is 9.84 Å². The van der Waals surface area contributed by atoms with Crippen molar-refractivity contribution in [3.63, 3.8) is 0 Å². The lowest BCUT2D eigenvalue weighted by molar-refractivity contribution is 0.251. The highest BCUT2D eigenvalue weighted by molar-refractivity contribution is 9.10. The molecule has 0 aromatic heterocycles. The minimum Gasteiger partial charge on any atom is -0.496 e. The van der Waals surface area contributed by atoms with Gasteiger partial charge in [0.15, 0.2) is 0 Å². The van der Waals surface area contributed by atoms with Gasteiger partial charge < -0.3 is 9.84 Å². The van der Waals surface area contributed by atoms with E-state index in [1.807, 2.05) is 6.92 Å². The Morgan fingerprint density at radius 3 is 2.62 bits per heavy atom. The molecule has 120 valence electrons. The summed E-state index contributed by atoms with van der Waals surface area (Å²) in [6, 6.07) is 4.63. The fourth-order valence-electron chi connectivity index (χ4n) is 2.06. The third-order valence-electron chi connectivity index (χ3n) is 3.23. The van der Waals surface area contributed by atoms with Crippen LogP contribution in [0.3, 0.4) is 0 Å². The smallest absolute Gasteiger partial charge is 0.240 e. The van der Waals surface area contributed by atoms with Crippen molar-refractivity contribution in [1.82, 2.24) is 4.72 Å². The molecule has 0 fully saturated rings. The minimum atomic E-state index is -3.56. The lowest BCUT2D eigenvalue weighted by Gasteiger charge is -2.16. The summed E-state index contributed by atoms with van der Waals surface area (Å²) in [4.78, 5) is 0.189. The van der Waals surface area contributed by atoms with E-state index in [0.29, 0.717) is 23.2 Å². The maximum absolute atomic E-state index is 12.3. The van der Waals surface area contributed by atoms with Crippen LogP contribution in [0.2, 0.25) is 0 Å². The zero-order valence-corrected chi connectivity index (χ0v) is 14.7. The van der Waals surface area contributed by atoms with Crippen LogP contribution in [-0.4, -0.2) is 33.8 Å². The van der Waals surface area contributed by atoms with E-state index in [0.717, 1.165) is 12.8 Å². The summed E-state index contributed by atoms with van der Waals surface area (Å²) < 4.78 is 32.8. The molecule has 21 heavy (non-hydrogen) atoms. The van der Waals surface area contributed by atoms with Crippen LogP contribution in [0.4, 0.5) is 0 Å². The van der Waals surface area contributed by atoms with E-state index in [1.165, 1.54) is 19.2 Å². The highest BCUT2D eigenvalue weighted by atomic mass is 79.9. The summed E-state index contributed by atoms with van der Waals surface area (Å²) in [5.74, 6) is 0.731. The van der Waals surface area contributed by atoms with Gasteiger partial charge in [-0.1, -0.05) is 13.3 Å². The van der Waals surface area contributed by atoms with E-state index in [2.05, 4.69) is 20.7 Å². The van der Waals surface area contributed by atoms with Crippen LogP contribution in [0.5, 0.6) is 5.75 Å². The molecule has 5 nitrogen and oxygen atoms in total. The lowest BCUT2D eigenvalue weighted by Crippen LogP contribution is -2.30. The predicted octanol–water partition coefficient (Wildman–Crippen LogP) is 2.53. The third kappa shape index (κ3) is 5.58. The molecule has 0 saturated heterocycles. The molecule has 1 aromatic carbocycles. The number of nitrogens with one attached hydrogen (secondary N) is 1. The third-order valence-corrected chi connectivity index (χ3v) is 5.27. The van der Waals surface area contributed by atoms with Crippen LogP contribution < -0.4 is 9.46 Å². The van der Waals surface area contributed by atoms with Gasteiger partial charge in [-0.3, -0.25) is 0 Å². The Bertz CT molecular complexity index is 542. The topological polar surface area (TPSA) is 75.6 Å². The summed E-state index contributed by atoms with van der Waals surface area (Å²) in [7, 11) is -2.03. The zero-order chi connectivity index (χ0) is 15.9. The molecule has 1 rings (SSSR count). The Hall–Kier alpha value is -0.630. The number of methoxy groups -OCH3 is 1. The zero-order valence-electron chi connectivity index (χ0n) is 12.3. The molecule has 2 N–H and O–H groups in total. The van der Waals surface area contributed by atoms with E-state index in [9.17, 15) is 8.42 Å². The molecular weight excluding hydrogens is 358 g/mol. The van der Waals surface area contributed by atoms with Crippen molar-refractivity contribution in [3.05, 3.63) is 22.7 Å². The number of rotatable bonds is 9. The van der Waals surface area contributed by atoms with Crippen LogP contribution in [0.25, 0.3) is 0 Å². The van der Waals surface area contributed by atoms with Crippen molar-refractivity contribution >= 4 is 26.0 Å². The SMILES string of the molecule is CCCC(CCO)CNS(=O)(=O)c1ccc(OC)c(Br)c1. The van der Waals surface area contributed by atoms with Crippen molar-refractivity contribution < 1.29 is 18.3 Å². The second kappa shape index (κ2) is 8.73. The van der Waals surface area contributed by atoms with Gasteiger partial charge in [-0.25, -0.2) is 13.1 Å². The number of aliphatic hydroxyl groups excluding tert-OH is 1. The number of ether oxygens (including phenoxy) is 1. The second-order valence-electron chi connectivity index (χ2n) is 4.82. The van der Waals surface area contributed by atoms with Gasteiger partial charge in [0.2, 0.25) is 10.0 Å². The minimum absolute atomic E-state index is 0.0699. The highest BCUT2D eigenvalue weighted by Crippen LogP contribution is 2.27.